The number of ether oxygens (including phenoxy) is 1. The summed E-state index contributed by atoms with van der Waals surface area (Å²) in [6.45, 7) is 0.666. The molecule has 0 aromatic rings. The smallest absolute Gasteiger partial charge is 0.332 e. The molecular weight excluding hydrogens is 190 g/mol. The zero-order valence-corrected chi connectivity index (χ0v) is 8.26. The Balaban J connectivity index is 2.14. The summed E-state index contributed by atoms with van der Waals surface area (Å²) >= 11 is 1.72. The minimum atomic E-state index is -0.841. The maximum atomic E-state index is 10.5. The van der Waals surface area contributed by atoms with E-state index in [4.69, 9.17) is 15.6 Å². The van der Waals surface area contributed by atoms with Crippen LogP contribution in [0.15, 0.2) is 0 Å². The Hall–Kier alpha value is -0.260. The van der Waals surface area contributed by atoms with Crippen molar-refractivity contribution in [2.75, 3.05) is 18.1 Å². The SMILES string of the molecule is NCCSCC1CCC(C(=O)O)O1. The van der Waals surface area contributed by atoms with Crippen molar-refractivity contribution in [1.82, 2.24) is 0 Å². The number of carboxylic acids is 1. The molecule has 2 unspecified atom stereocenters. The second kappa shape index (κ2) is 5.47. The van der Waals surface area contributed by atoms with Gasteiger partial charge in [0, 0.05) is 18.1 Å². The molecule has 1 rings (SSSR count). The van der Waals surface area contributed by atoms with E-state index in [1.54, 1.807) is 11.8 Å². The largest absolute Gasteiger partial charge is 0.479 e. The van der Waals surface area contributed by atoms with Gasteiger partial charge in [0.15, 0.2) is 6.10 Å². The summed E-state index contributed by atoms with van der Waals surface area (Å²) < 4.78 is 5.31. The third-order valence-corrected chi connectivity index (χ3v) is 3.08. The second-order valence-electron chi connectivity index (χ2n) is 3.03. The van der Waals surface area contributed by atoms with Crippen LogP contribution in [0.5, 0.6) is 0 Å². The Kier molecular flexibility index (Phi) is 4.55. The molecule has 0 aromatic carbocycles. The average Bonchev–Trinajstić information content (AvgIpc) is 2.53. The third kappa shape index (κ3) is 3.54. The molecule has 0 aromatic heterocycles. The van der Waals surface area contributed by atoms with Crippen LogP contribution in [-0.4, -0.2) is 41.3 Å². The topological polar surface area (TPSA) is 72.6 Å². The first kappa shape index (κ1) is 10.8. The number of rotatable bonds is 5. The molecule has 0 radical (unpaired) electrons. The highest BCUT2D eigenvalue weighted by Crippen LogP contribution is 2.22. The molecular formula is C8H15NO3S. The minimum Gasteiger partial charge on any atom is -0.479 e. The van der Waals surface area contributed by atoms with Crippen LogP contribution in [0, 0.1) is 0 Å². The van der Waals surface area contributed by atoms with Crippen LogP contribution < -0.4 is 5.73 Å². The molecule has 76 valence electrons. The molecule has 5 heteroatoms. The van der Waals surface area contributed by atoms with E-state index in [-0.39, 0.29) is 6.10 Å². The Morgan fingerprint density at radius 2 is 2.38 bits per heavy atom. The van der Waals surface area contributed by atoms with E-state index in [9.17, 15) is 4.79 Å². The highest BCUT2D eigenvalue weighted by Gasteiger charge is 2.29. The lowest BCUT2D eigenvalue weighted by atomic mass is 10.2. The van der Waals surface area contributed by atoms with Gasteiger partial charge >= 0.3 is 5.97 Å². The predicted octanol–water partition coefficient (Wildman–Crippen LogP) is 0.310. The number of hydrogen-bond donors (Lipinski definition) is 2. The summed E-state index contributed by atoms with van der Waals surface area (Å²) in [6, 6.07) is 0. The van der Waals surface area contributed by atoms with E-state index in [0.29, 0.717) is 13.0 Å². The summed E-state index contributed by atoms with van der Waals surface area (Å²) in [5, 5.41) is 8.65. The van der Waals surface area contributed by atoms with Crippen LogP contribution in [0.1, 0.15) is 12.8 Å². The van der Waals surface area contributed by atoms with E-state index < -0.39 is 12.1 Å². The van der Waals surface area contributed by atoms with E-state index in [1.165, 1.54) is 0 Å². The van der Waals surface area contributed by atoms with Crippen molar-refractivity contribution in [2.45, 2.75) is 25.0 Å². The molecule has 3 N–H and O–H groups in total. The second-order valence-corrected chi connectivity index (χ2v) is 4.18. The maximum absolute atomic E-state index is 10.5. The van der Waals surface area contributed by atoms with Crippen LogP contribution in [0.2, 0.25) is 0 Å². The Morgan fingerprint density at radius 3 is 2.92 bits per heavy atom. The number of thioether (sulfide) groups is 1. The maximum Gasteiger partial charge on any atom is 0.332 e. The molecule has 1 aliphatic heterocycles. The Bertz CT molecular complexity index is 177. The van der Waals surface area contributed by atoms with Crippen molar-refractivity contribution in [3.63, 3.8) is 0 Å². The van der Waals surface area contributed by atoms with Crippen molar-refractivity contribution < 1.29 is 14.6 Å². The lowest BCUT2D eigenvalue weighted by molar-refractivity contribution is -0.148. The molecule has 2 atom stereocenters. The van der Waals surface area contributed by atoms with Crippen molar-refractivity contribution >= 4 is 17.7 Å². The van der Waals surface area contributed by atoms with Gasteiger partial charge in [-0.2, -0.15) is 11.8 Å². The number of nitrogens with two attached hydrogens (primary N) is 1. The minimum absolute atomic E-state index is 0.109. The van der Waals surface area contributed by atoms with Crippen LogP contribution in [0.25, 0.3) is 0 Å². The van der Waals surface area contributed by atoms with Gasteiger partial charge in [0.05, 0.1) is 6.10 Å². The molecule has 13 heavy (non-hydrogen) atoms. The molecule has 1 saturated heterocycles. The van der Waals surface area contributed by atoms with Gasteiger partial charge in [0.2, 0.25) is 0 Å². The van der Waals surface area contributed by atoms with Crippen LogP contribution >= 0.6 is 11.8 Å². The molecule has 0 saturated carbocycles. The number of carbonyl (C=O) groups is 1. The quantitative estimate of drug-likeness (QED) is 0.632. The summed E-state index contributed by atoms with van der Waals surface area (Å²) in [6.07, 6.45) is 1.03. The molecule has 1 heterocycles. The molecule has 1 fully saturated rings. The predicted molar refractivity (Wildman–Crippen MR) is 51.9 cm³/mol. The third-order valence-electron chi connectivity index (χ3n) is 1.95. The fraction of sp³-hybridized carbons (Fsp3) is 0.875. The van der Waals surface area contributed by atoms with Crippen LogP contribution in [-0.2, 0) is 9.53 Å². The van der Waals surface area contributed by atoms with Gasteiger partial charge in [-0.15, -0.1) is 0 Å². The van der Waals surface area contributed by atoms with E-state index in [1.807, 2.05) is 0 Å². The van der Waals surface area contributed by atoms with E-state index in [0.717, 1.165) is 17.9 Å². The van der Waals surface area contributed by atoms with Gasteiger partial charge in [-0.1, -0.05) is 0 Å². The fourth-order valence-electron chi connectivity index (χ4n) is 1.31. The normalized spacial score (nSPS) is 27.8. The van der Waals surface area contributed by atoms with Gasteiger partial charge in [0.1, 0.15) is 0 Å². The van der Waals surface area contributed by atoms with Gasteiger partial charge in [0.25, 0.3) is 0 Å². The van der Waals surface area contributed by atoms with Crippen molar-refractivity contribution in [3.8, 4) is 0 Å². The highest BCUT2D eigenvalue weighted by atomic mass is 32.2. The Morgan fingerprint density at radius 1 is 1.62 bits per heavy atom. The summed E-state index contributed by atoms with van der Waals surface area (Å²) in [4.78, 5) is 10.5. The summed E-state index contributed by atoms with van der Waals surface area (Å²) in [5.41, 5.74) is 5.33. The molecule has 0 bridgehead atoms. The number of carboxylic acid groups (broad SMARTS) is 1. The van der Waals surface area contributed by atoms with Gasteiger partial charge < -0.3 is 15.6 Å². The van der Waals surface area contributed by atoms with Gasteiger partial charge in [-0.05, 0) is 12.8 Å². The van der Waals surface area contributed by atoms with Crippen molar-refractivity contribution in [3.05, 3.63) is 0 Å². The zero-order chi connectivity index (χ0) is 9.68. The van der Waals surface area contributed by atoms with Crippen molar-refractivity contribution in [1.29, 1.82) is 0 Å². The fourth-order valence-corrected chi connectivity index (χ4v) is 2.15. The number of hydrogen-bond acceptors (Lipinski definition) is 4. The monoisotopic (exact) mass is 205 g/mol. The lowest BCUT2D eigenvalue weighted by Gasteiger charge is -2.09. The molecule has 0 aliphatic carbocycles. The number of aliphatic carboxylic acids is 1. The first-order valence-corrected chi connectivity index (χ1v) is 5.55. The summed E-state index contributed by atoms with van der Waals surface area (Å²) in [5.74, 6) is 0.935. The summed E-state index contributed by atoms with van der Waals surface area (Å²) in [7, 11) is 0. The molecule has 1 aliphatic rings. The first-order chi connectivity index (χ1) is 6.24. The molecule has 4 nitrogen and oxygen atoms in total. The van der Waals surface area contributed by atoms with E-state index in [2.05, 4.69) is 0 Å². The van der Waals surface area contributed by atoms with Crippen LogP contribution in [0.4, 0.5) is 0 Å². The molecule has 0 amide bonds. The van der Waals surface area contributed by atoms with Crippen molar-refractivity contribution in [2.24, 2.45) is 5.73 Å². The zero-order valence-electron chi connectivity index (χ0n) is 7.44. The highest BCUT2D eigenvalue weighted by molar-refractivity contribution is 7.99. The van der Waals surface area contributed by atoms with Crippen LogP contribution in [0.3, 0.4) is 0 Å². The Labute approximate surface area is 81.8 Å². The van der Waals surface area contributed by atoms with E-state index >= 15 is 0 Å². The molecule has 0 spiro atoms. The van der Waals surface area contributed by atoms with Gasteiger partial charge in [-0.3, -0.25) is 0 Å². The average molecular weight is 205 g/mol. The lowest BCUT2D eigenvalue weighted by Crippen LogP contribution is -2.21. The van der Waals surface area contributed by atoms with Gasteiger partial charge in [-0.25, -0.2) is 4.79 Å². The first-order valence-electron chi connectivity index (χ1n) is 4.40. The standard InChI is InChI=1S/C8H15NO3S/c9-3-4-13-5-6-1-2-7(12-6)8(10)11/h6-7H,1-5,9H2,(H,10,11).